The number of amides is 1. The van der Waals surface area contributed by atoms with E-state index in [2.05, 4.69) is 23.3 Å². The predicted octanol–water partition coefficient (Wildman–Crippen LogP) is 2.56. The van der Waals surface area contributed by atoms with E-state index in [-0.39, 0.29) is 23.2 Å². The van der Waals surface area contributed by atoms with Crippen LogP contribution in [0, 0.1) is 5.92 Å². The van der Waals surface area contributed by atoms with Crippen molar-refractivity contribution in [2.24, 2.45) is 5.92 Å². The van der Waals surface area contributed by atoms with Gasteiger partial charge in [-0.25, -0.2) is 0 Å². The molecule has 1 amide bonds. The molecule has 0 saturated carbocycles. The zero-order valence-corrected chi connectivity index (χ0v) is 19.2. The second kappa shape index (κ2) is 8.50. The van der Waals surface area contributed by atoms with Crippen molar-refractivity contribution in [3.63, 3.8) is 0 Å². The minimum atomic E-state index is -0.594. The number of phenols is 1. The molecule has 4 aliphatic rings. The van der Waals surface area contributed by atoms with E-state index in [1.807, 2.05) is 42.5 Å². The number of likely N-dealkylation sites (N-methyl/N-ethyl adjacent to an activating group) is 1. The maximum Gasteiger partial charge on any atom is 0.220 e. The Labute approximate surface area is 194 Å². The van der Waals surface area contributed by atoms with Gasteiger partial charge in [-0.2, -0.15) is 0 Å². The quantitative estimate of drug-likeness (QED) is 0.629. The first kappa shape index (κ1) is 22.0. The highest BCUT2D eigenvalue weighted by Gasteiger charge is 2.64. The van der Waals surface area contributed by atoms with Crippen LogP contribution in [0.15, 0.2) is 54.6 Å². The Morgan fingerprint density at radius 3 is 2.76 bits per heavy atom. The summed E-state index contributed by atoms with van der Waals surface area (Å²) in [5.74, 6) is 1.29. The molecule has 2 bridgehead atoms. The maximum atomic E-state index is 10.9. The highest BCUT2D eigenvalue weighted by atomic mass is 16.5. The molecule has 5 atom stereocenters. The number of likely N-dealkylation sites (tertiary alicyclic amines) is 1. The molecule has 2 aromatic rings. The van der Waals surface area contributed by atoms with Crippen molar-refractivity contribution in [3.8, 4) is 11.5 Å². The van der Waals surface area contributed by atoms with E-state index in [0.717, 1.165) is 25.8 Å². The van der Waals surface area contributed by atoms with Crippen LogP contribution in [0.1, 0.15) is 29.5 Å². The van der Waals surface area contributed by atoms with Gasteiger partial charge in [0.15, 0.2) is 11.5 Å². The number of hydrogen-bond acceptors (Lipinski definition) is 5. The van der Waals surface area contributed by atoms with Gasteiger partial charge in [-0.3, -0.25) is 4.79 Å². The summed E-state index contributed by atoms with van der Waals surface area (Å²) in [6.45, 7) is 1.01. The molecule has 174 valence electrons. The van der Waals surface area contributed by atoms with Gasteiger partial charge in [0, 0.05) is 36.4 Å². The van der Waals surface area contributed by atoms with Gasteiger partial charge in [-0.1, -0.05) is 48.6 Å². The predicted molar refractivity (Wildman–Crippen MR) is 126 cm³/mol. The number of aliphatic hydroxyl groups is 1. The number of aromatic hydroxyl groups is 1. The lowest BCUT2D eigenvalue weighted by atomic mass is 9.53. The minimum absolute atomic E-state index is 0.0962. The van der Waals surface area contributed by atoms with Crippen LogP contribution in [0.4, 0.5) is 0 Å². The molecule has 1 spiro atoms. The molecular formula is C27H32N2O4. The molecule has 0 radical (unpaired) electrons. The number of nitrogens with one attached hydrogen (secondary N) is 1. The molecular weight excluding hydrogens is 416 g/mol. The molecule has 33 heavy (non-hydrogen) atoms. The fourth-order valence-corrected chi connectivity index (χ4v) is 6.27. The first-order valence-corrected chi connectivity index (χ1v) is 11.8. The number of nitrogens with zero attached hydrogens (tertiary/aromatic N) is 1. The largest absolute Gasteiger partial charge is 0.504 e. The van der Waals surface area contributed by atoms with Crippen LogP contribution in [0.3, 0.4) is 0 Å². The number of aryl methyl sites for hydroxylation is 1. The third-order valence-corrected chi connectivity index (χ3v) is 7.91. The van der Waals surface area contributed by atoms with E-state index in [1.165, 1.54) is 16.7 Å². The molecule has 2 aromatic carbocycles. The Morgan fingerprint density at radius 1 is 1.21 bits per heavy atom. The topological polar surface area (TPSA) is 82.0 Å². The molecule has 1 fully saturated rings. The maximum absolute atomic E-state index is 10.9. The average molecular weight is 449 g/mol. The molecule has 6 heteroatoms. The Balaban J connectivity index is 0.000000164. The Morgan fingerprint density at radius 2 is 2.00 bits per heavy atom. The second-order valence-corrected chi connectivity index (χ2v) is 9.59. The van der Waals surface area contributed by atoms with Gasteiger partial charge in [-0.15, -0.1) is 0 Å². The normalized spacial score (nSPS) is 30.5. The van der Waals surface area contributed by atoms with Crippen LogP contribution in [-0.4, -0.2) is 59.9 Å². The van der Waals surface area contributed by atoms with Crippen LogP contribution in [0.2, 0.25) is 0 Å². The highest BCUT2D eigenvalue weighted by Crippen LogP contribution is 2.62. The third-order valence-electron chi connectivity index (χ3n) is 7.91. The molecule has 1 saturated heterocycles. The molecule has 3 N–H and O–H groups in total. The van der Waals surface area contributed by atoms with Gasteiger partial charge in [0.25, 0.3) is 0 Å². The van der Waals surface area contributed by atoms with Gasteiger partial charge in [0.2, 0.25) is 5.91 Å². The Hall–Kier alpha value is -2.83. The first-order chi connectivity index (χ1) is 16.0. The van der Waals surface area contributed by atoms with Gasteiger partial charge in [-0.05, 0) is 50.0 Å². The number of piperidine rings is 1. The van der Waals surface area contributed by atoms with Crippen LogP contribution < -0.4 is 10.1 Å². The molecule has 6 nitrogen and oxygen atoms in total. The van der Waals surface area contributed by atoms with Crippen LogP contribution >= 0.6 is 0 Å². The number of aliphatic hydroxyl groups excluding tert-OH is 1. The minimum Gasteiger partial charge on any atom is -0.504 e. The van der Waals surface area contributed by atoms with Gasteiger partial charge in [0.1, 0.15) is 12.2 Å². The van der Waals surface area contributed by atoms with Crippen molar-refractivity contribution in [2.45, 2.75) is 49.3 Å². The summed E-state index contributed by atoms with van der Waals surface area (Å²) in [6, 6.07) is 14.2. The first-order valence-electron chi connectivity index (χ1n) is 11.8. The summed E-state index contributed by atoms with van der Waals surface area (Å²) in [4.78, 5) is 13.3. The molecule has 2 heterocycles. The van der Waals surface area contributed by atoms with Crippen LogP contribution in [0.5, 0.6) is 11.5 Å². The number of carbonyl (C=O) groups is 1. The van der Waals surface area contributed by atoms with E-state index >= 15 is 0 Å². The van der Waals surface area contributed by atoms with Crippen molar-refractivity contribution < 1.29 is 19.7 Å². The molecule has 2 aliphatic heterocycles. The Kier molecular flexibility index (Phi) is 5.67. The summed E-state index contributed by atoms with van der Waals surface area (Å²) >= 11 is 0. The van der Waals surface area contributed by atoms with Crippen molar-refractivity contribution in [2.75, 3.05) is 20.6 Å². The fraction of sp³-hybridized carbons (Fsp3) is 0.444. The van der Waals surface area contributed by atoms with E-state index in [1.54, 1.807) is 13.1 Å². The smallest absolute Gasteiger partial charge is 0.220 e. The lowest BCUT2D eigenvalue weighted by Crippen LogP contribution is -2.64. The Bertz CT molecular complexity index is 1070. The van der Waals surface area contributed by atoms with Crippen molar-refractivity contribution in [1.82, 2.24) is 10.2 Å². The summed E-state index contributed by atoms with van der Waals surface area (Å²) in [7, 11) is 3.85. The number of rotatable bonds is 3. The number of phenolic OH excluding ortho intramolecular Hbond substituents is 1. The standard InChI is InChI=1S/C17H19NO3.C10H13NO/c1-18-7-6-17-10-3-5-13(20)16(17)21-15-12(19)4-2-9(14(15)17)8-11(10)18;1-11-10(12)8-7-9-5-3-2-4-6-9/h2-5,10-11,13,16,19-20H,6-8H2,1H3;2-6H,7-8H2,1H3,(H,11,12)/t10-,11+,13-,16-,17-;/m0./s1. The number of carbonyl (C=O) groups excluding carboxylic acids is 1. The van der Waals surface area contributed by atoms with Crippen molar-refractivity contribution >= 4 is 5.91 Å². The summed E-state index contributed by atoms with van der Waals surface area (Å²) < 4.78 is 6.09. The lowest BCUT2D eigenvalue weighted by Gasteiger charge is -2.56. The average Bonchev–Trinajstić information content (AvgIpc) is 3.20. The van der Waals surface area contributed by atoms with Gasteiger partial charge < -0.3 is 25.2 Å². The summed E-state index contributed by atoms with van der Waals surface area (Å²) in [6.07, 6.45) is 6.57. The van der Waals surface area contributed by atoms with Crippen molar-refractivity contribution in [3.05, 3.63) is 71.3 Å². The van der Waals surface area contributed by atoms with Crippen molar-refractivity contribution in [1.29, 1.82) is 0 Å². The zero-order valence-electron chi connectivity index (χ0n) is 19.2. The molecule has 6 rings (SSSR count). The molecule has 0 aromatic heterocycles. The fourth-order valence-electron chi connectivity index (χ4n) is 6.27. The van der Waals surface area contributed by atoms with Crippen LogP contribution in [-0.2, 0) is 23.1 Å². The lowest BCUT2D eigenvalue weighted by molar-refractivity contribution is -0.120. The van der Waals surface area contributed by atoms with E-state index < -0.39 is 6.10 Å². The van der Waals surface area contributed by atoms with E-state index in [0.29, 0.717) is 24.1 Å². The molecule has 0 unspecified atom stereocenters. The molecule has 2 aliphatic carbocycles. The monoisotopic (exact) mass is 448 g/mol. The SMILES string of the molecule is CN1CC[C@]23c4c5ccc(O)c4O[C@H]2[C@@H](O)C=C[C@H]3[C@H]1C5.CNC(=O)CCc1ccccc1. The summed E-state index contributed by atoms with van der Waals surface area (Å²) in [5.41, 5.74) is 3.50. The zero-order chi connectivity index (χ0) is 23.2. The highest BCUT2D eigenvalue weighted by molar-refractivity contribution is 5.75. The van der Waals surface area contributed by atoms with Gasteiger partial charge >= 0.3 is 0 Å². The van der Waals surface area contributed by atoms with Gasteiger partial charge in [0.05, 0.1) is 0 Å². The summed E-state index contributed by atoms with van der Waals surface area (Å²) in [5, 5.41) is 23.2. The number of ether oxygens (including phenoxy) is 1. The second-order valence-electron chi connectivity index (χ2n) is 9.59. The van der Waals surface area contributed by atoms with Crippen LogP contribution in [0.25, 0.3) is 0 Å². The number of hydrogen-bond donors (Lipinski definition) is 3. The van der Waals surface area contributed by atoms with E-state index in [9.17, 15) is 15.0 Å². The number of benzene rings is 2. The third kappa shape index (κ3) is 3.52. The van der Waals surface area contributed by atoms with E-state index in [4.69, 9.17) is 4.74 Å².